The van der Waals surface area contributed by atoms with Gasteiger partial charge in [-0.05, 0) is 53.3 Å². The Morgan fingerprint density at radius 1 is 0.700 bits per heavy atom. The van der Waals surface area contributed by atoms with E-state index in [1.165, 1.54) is 29.1 Å². The lowest BCUT2D eigenvalue weighted by atomic mass is 10.0. The van der Waals surface area contributed by atoms with Crippen LogP contribution in [0.5, 0.6) is 0 Å². The lowest BCUT2D eigenvalue weighted by Gasteiger charge is -2.37. The van der Waals surface area contributed by atoms with Crippen molar-refractivity contribution in [3.05, 3.63) is 69.7 Å². The number of halogens is 2. The molecule has 0 N–H and O–H groups in total. The van der Waals surface area contributed by atoms with E-state index in [4.69, 9.17) is 23.2 Å². The molecule has 1 saturated heterocycles. The molecular formula is C16H14Cl2S2. The van der Waals surface area contributed by atoms with E-state index in [1.54, 1.807) is 0 Å². The largest absolute Gasteiger partial charge is 0.135 e. The third kappa shape index (κ3) is 2.85. The van der Waals surface area contributed by atoms with Crippen molar-refractivity contribution in [2.45, 2.75) is 10.5 Å². The molecule has 3 rings (SSSR count). The van der Waals surface area contributed by atoms with Gasteiger partial charge in [0.2, 0.25) is 0 Å². The van der Waals surface area contributed by atoms with Crippen LogP contribution in [-0.2, 0) is 4.08 Å². The van der Waals surface area contributed by atoms with E-state index in [0.717, 1.165) is 10.0 Å². The van der Waals surface area contributed by atoms with Gasteiger partial charge in [0.25, 0.3) is 0 Å². The van der Waals surface area contributed by atoms with E-state index in [-0.39, 0.29) is 4.08 Å². The van der Waals surface area contributed by atoms with Crippen molar-refractivity contribution in [3.8, 4) is 0 Å². The Balaban J connectivity index is 2.08. The minimum atomic E-state index is -0.0343. The molecule has 0 aliphatic carbocycles. The van der Waals surface area contributed by atoms with Crippen molar-refractivity contribution in [2.75, 3.05) is 11.5 Å². The maximum Gasteiger partial charge on any atom is 0.111 e. The van der Waals surface area contributed by atoms with Crippen LogP contribution in [-0.4, -0.2) is 11.5 Å². The zero-order chi connectivity index (χ0) is 14.0. The first-order chi connectivity index (χ1) is 9.71. The highest BCUT2D eigenvalue weighted by Crippen LogP contribution is 2.54. The van der Waals surface area contributed by atoms with E-state index < -0.39 is 0 Å². The molecule has 0 aromatic heterocycles. The zero-order valence-electron chi connectivity index (χ0n) is 10.8. The molecule has 104 valence electrons. The zero-order valence-corrected chi connectivity index (χ0v) is 14.0. The van der Waals surface area contributed by atoms with E-state index >= 15 is 0 Å². The van der Waals surface area contributed by atoms with Gasteiger partial charge < -0.3 is 0 Å². The van der Waals surface area contributed by atoms with Crippen LogP contribution in [0.4, 0.5) is 0 Å². The minimum absolute atomic E-state index is 0.0343. The molecule has 1 fully saturated rings. The number of hydrogen-bond donors (Lipinski definition) is 0. The summed E-state index contributed by atoms with van der Waals surface area (Å²) in [5.41, 5.74) is 2.61. The van der Waals surface area contributed by atoms with Gasteiger partial charge in [-0.2, -0.15) is 0 Å². The maximum absolute atomic E-state index is 6.03. The smallest absolute Gasteiger partial charge is 0.111 e. The van der Waals surface area contributed by atoms with Crippen molar-refractivity contribution in [1.29, 1.82) is 0 Å². The van der Waals surface area contributed by atoms with Gasteiger partial charge in [-0.3, -0.25) is 0 Å². The summed E-state index contributed by atoms with van der Waals surface area (Å²) in [6.45, 7) is 0. The molecule has 0 bridgehead atoms. The second-order valence-corrected chi connectivity index (χ2v) is 8.43. The third-order valence-corrected chi connectivity index (χ3v) is 7.30. The van der Waals surface area contributed by atoms with Gasteiger partial charge in [0.1, 0.15) is 4.08 Å². The van der Waals surface area contributed by atoms with Crippen molar-refractivity contribution in [3.63, 3.8) is 0 Å². The molecule has 2 aromatic carbocycles. The van der Waals surface area contributed by atoms with Crippen LogP contribution in [0.2, 0.25) is 10.0 Å². The Bertz CT molecular complexity index is 525. The first-order valence-electron chi connectivity index (χ1n) is 6.51. The van der Waals surface area contributed by atoms with Crippen molar-refractivity contribution < 1.29 is 0 Å². The molecule has 20 heavy (non-hydrogen) atoms. The topological polar surface area (TPSA) is 0 Å². The second kappa shape index (κ2) is 6.23. The molecule has 1 heterocycles. The highest BCUT2D eigenvalue weighted by atomic mass is 35.5. The summed E-state index contributed by atoms with van der Waals surface area (Å²) < 4.78 is -0.0343. The quantitative estimate of drug-likeness (QED) is 0.651. The van der Waals surface area contributed by atoms with E-state index in [0.29, 0.717) is 0 Å². The lowest BCUT2D eigenvalue weighted by Crippen LogP contribution is -2.24. The summed E-state index contributed by atoms with van der Waals surface area (Å²) in [6.07, 6.45) is 1.26. The monoisotopic (exact) mass is 340 g/mol. The first-order valence-corrected chi connectivity index (χ1v) is 9.23. The molecule has 0 unspecified atom stereocenters. The Morgan fingerprint density at radius 2 is 1.10 bits per heavy atom. The first kappa shape index (κ1) is 14.6. The number of thioether (sulfide) groups is 2. The molecule has 2 aromatic rings. The van der Waals surface area contributed by atoms with Crippen molar-refractivity contribution in [2.24, 2.45) is 0 Å². The molecule has 0 spiro atoms. The van der Waals surface area contributed by atoms with Crippen LogP contribution >= 0.6 is 46.7 Å². The maximum atomic E-state index is 6.03. The average molecular weight is 341 g/mol. The molecule has 1 aliphatic rings. The summed E-state index contributed by atoms with van der Waals surface area (Å²) in [5, 5.41) is 1.57. The van der Waals surface area contributed by atoms with Gasteiger partial charge in [-0.15, -0.1) is 23.5 Å². The third-order valence-electron chi connectivity index (χ3n) is 3.35. The number of rotatable bonds is 2. The van der Waals surface area contributed by atoms with Gasteiger partial charge in [0.15, 0.2) is 0 Å². The van der Waals surface area contributed by atoms with E-state index in [2.05, 4.69) is 24.3 Å². The highest BCUT2D eigenvalue weighted by molar-refractivity contribution is 8.18. The van der Waals surface area contributed by atoms with Crippen molar-refractivity contribution in [1.82, 2.24) is 0 Å². The SMILES string of the molecule is Clc1ccc(C2(c3ccc(Cl)cc3)SCCCS2)cc1. The summed E-state index contributed by atoms with van der Waals surface area (Å²) >= 11 is 16.1. The summed E-state index contributed by atoms with van der Waals surface area (Å²) in [7, 11) is 0. The van der Waals surface area contributed by atoms with Crippen LogP contribution in [0.15, 0.2) is 48.5 Å². The molecular weight excluding hydrogens is 327 g/mol. The average Bonchev–Trinajstić information content (AvgIpc) is 2.49. The van der Waals surface area contributed by atoms with Gasteiger partial charge in [-0.25, -0.2) is 0 Å². The predicted octanol–water partition coefficient (Wildman–Crippen LogP) is 6.06. The fourth-order valence-corrected chi connectivity index (χ4v) is 6.00. The van der Waals surface area contributed by atoms with Gasteiger partial charge in [0.05, 0.1) is 0 Å². The summed E-state index contributed by atoms with van der Waals surface area (Å²) in [5.74, 6) is 2.36. The molecule has 0 saturated carbocycles. The second-order valence-electron chi connectivity index (χ2n) is 4.68. The molecule has 0 atom stereocenters. The fraction of sp³-hybridized carbons (Fsp3) is 0.250. The standard InChI is InChI=1S/C16H14Cl2S2/c17-14-6-2-12(3-7-14)16(19-10-1-11-20-16)13-4-8-15(18)9-5-13/h2-9H,1,10-11H2. The number of hydrogen-bond acceptors (Lipinski definition) is 2. The minimum Gasteiger partial charge on any atom is -0.135 e. The van der Waals surface area contributed by atoms with Crippen LogP contribution in [0.3, 0.4) is 0 Å². The fourth-order valence-electron chi connectivity index (χ4n) is 2.37. The molecule has 1 aliphatic heterocycles. The van der Waals surface area contributed by atoms with Gasteiger partial charge in [0, 0.05) is 10.0 Å². The molecule has 0 amide bonds. The Morgan fingerprint density at radius 3 is 1.50 bits per heavy atom. The highest BCUT2D eigenvalue weighted by Gasteiger charge is 2.37. The predicted molar refractivity (Wildman–Crippen MR) is 93.2 cm³/mol. The van der Waals surface area contributed by atoms with Crippen LogP contribution in [0.25, 0.3) is 0 Å². The molecule has 0 radical (unpaired) electrons. The Kier molecular flexibility index (Phi) is 4.56. The summed E-state index contributed by atoms with van der Waals surface area (Å²) in [4.78, 5) is 0. The summed E-state index contributed by atoms with van der Waals surface area (Å²) in [6, 6.07) is 16.5. The van der Waals surface area contributed by atoms with E-state index in [1.807, 2.05) is 47.8 Å². The Labute approximate surface area is 138 Å². The van der Waals surface area contributed by atoms with Crippen LogP contribution in [0.1, 0.15) is 17.5 Å². The molecule has 0 nitrogen and oxygen atoms in total. The Hall–Kier alpha value is -0.280. The van der Waals surface area contributed by atoms with Crippen LogP contribution < -0.4 is 0 Å². The van der Waals surface area contributed by atoms with Crippen molar-refractivity contribution >= 4 is 46.7 Å². The number of benzene rings is 2. The van der Waals surface area contributed by atoms with E-state index in [9.17, 15) is 0 Å². The normalized spacial score (nSPS) is 17.9. The van der Waals surface area contributed by atoms with Gasteiger partial charge in [-0.1, -0.05) is 47.5 Å². The lowest BCUT2D eigenvalue weighted by molar-refractivity contribution is 1.00. The van der Waals surface area contributed by atoms with Crippen LogP contribution in [0, 0.1) is 0 Å². The van der Waals surface area contributed by atoms with Gasteiger partial charge >= 0.3 is 0 Å². The molecule has 4 heteroatoms.